The highest BCUT2D eigenvalue weighted by Crippen LogP contribution is 2.28. The zero-order valence-electron chi connectivity index (χ0n) is 19.2. The topological polar surface area (TPSA) is 65.9 Å². The first-order valence-electron chi connectivity index (χ1n) is 11.0. The maximum absolute atomic E-state index is 13.3. The zero-order valence-corrected chi connectivity index (χ0v) is 19.2. The highest BCUT2D eigenvalue weighted by atomic mass is 19.1. The smallest absolute Gasteiger partial charge is 0.259 e. The van der Waals surface area contributed by atoms with Gasteiger partial charge < -0.3 is 14.7 Å². The fourth-order valence-electron chi connectivity index (χ4n) is 3.89. The Balaban J connectivity index is 1.88. The maximum atomic E-state index is 13.3. The summed E-state index contributed by atoms with van der Waals surface area (Å²) in [5.74, 6) is -0.125. The molecule has 1 aliphatic rings. The molecule has 1 aromatic carbocycles. The quantitative estimate of drug-likeness (QED) is 0.711. The molecule has 1 N–H and O–H groups in total. The van der Waals surface area contributed by atoms with Crippen LogP contribution in [0.5, 0.6) is 5.88 Å². The van der Waals surface area contributed by atoms with Gasteiger partial charge in [-0.3, -0.25) is 9.69 Å². The van der Waals surface area contributed by atoms with E-state index in [1.54, 1.807) is 29.3 Å². The average molecular weight is 442 g/mol. The van der Waals surface area contributed by atoms with Crippen LogP contribution >= 0.6 is 0 Å². The van der Waals surface area contributed by atoms with Crippen molar-refractivity contribution in [2.75, 3.05) is 26.7 Å². The predicted molar refractivity (Wildman–Crippen MR) is 123 cm³/mol. The minimum Gasteiger partial charge on any atom is -0.472 e. The number of hydrogen-bond acceptors (Lipinski definition) is 5. The Morgan fingerprint density at radius 3 is 2.75 bits per heavy atom. The lowest BCUT2D eigenvalue weighted by Gasteiger charge is -2.37. The minimum absolute atomic E-state index is 0.00813. The molecular weight excluding hydrogens is 409 g/mol. The first-order valence-corrected chi connectivity index (χ1v) is 11.0. The SMILES string of the molecule is C/C=C/c1cnc2c(c1)C(=O)N([C@H](C)CO)C[C@H](C)[C@H](CN(C)Cc1ccc(F)cc1)O2. The summed E-state index contributed by atoms with van der Waals surface area (Å²) in [7, 11) is 1.99. The third-order valence-electron chi connectivity index (χ3n) is 5.76. The first-order chi connectivity index (χ1) is 15.3. The molecule has 32 heavy (non-hydrogen) atoms. The predicted octanol–water partition coefficient (Wildman–Crippen LogP) is 3.61. The van der Waals surface area contributed by atoms with Crippen LogP contribution in [0.2, 0.25) is 0 Å². The van der Waals surface area contributed by atoms with E-state index in [0.29, 0.717) is 31.1 Å². The number of hydrogen-bond donors (Lipinski definition) is 1. The molecule has 0 saturated heterocycles. The van der Waals surface area contributed by atoms with E-state index in [-0.39, 0.29) is 36.4 Å². The molecule has 3 atom stereocenters. The number of allylic oxidation sites excluding steroid dienone is 1. The van der Waals surface area contributed by atoms with Crippen molar-refractivity contribution in [3.05, 3.63) is 65.1 Å². The second-order valence-electron chi connectivity index (χ2n) is 8.57. The van der Waals surface area contributed by atoms with Crippen molar-refractivity contribution in [2.45, 2.75) is 39.5 Å². The molecule has 2 heterocycles. The number of ether oxygens (including phenoxy) is 1. The number of fused-ring (bicyclic) bond motifs is 1. The van der Waals surface area contributed by atoms with E-state index in [2.05, 4.69) is 9.88 Å². The number of rotatable bonds is 7. The molecule has 6 nitrogen and oxygen atoms in total. The Kier molecular flexibility index (Phi) is 7.99. The fraction of sp³-hybridized carbons (Fsp3) is 0.440. The molecule has 0 saturated carbocycles. The normalized spacial score (nSPS) is 20.1. The van der Waals surface area contributed by atoms with E-state index >= 15 is 0 Å². The fourth-order valence-corrected chi connectivity index (χ4v) is 3.89. The minimum atomic E-state index is -0.320. The summed E-state index contributed by atoms with van der Waals surface area (Å²) in [4.78, 5) is 21.6. The molecule has 0 unspecified atom stereocenters. The van der Waals surface area contributed by atoms with Crippen molar-refractivity contribution in [2.24, 2.45) is 5.92 Å². The number of carbonyl (C=O) groups excluding carboxylic acids is 1. The van der Waals surface area contributed by atoms with Crippen molar-refractivity contribution in [1.82, 2.24) is 14.8 Å². The lowest BCUT2D eigenvalue weighted by atomic mass is 9.99. The van der Waals surface area contributed by atoms with Crippen molar-refractivity contribution in [3.63, 3.8) is 0 Å². The van der Waals surface area contributed by atoms with Gasteiger partial charge in [0.25, 0.3) is 5.91 Å². The number of nitrogens with zero attached hydrogens (tertiary/aromatic N) is 3. The summed E-state index contributed by atoms with van der Waals surface area (Å²) < 4.78 is 19.5. The Hall–Kier alpha value is -2.77. The van der Waals surface area contributed by atoms with Gasteiger partial charge in [-0.2, -0.15) is 0 Å². The van der Waals surface area contributed by atoms with Gasteiger partial charge in [0, 0.05) is 31.7 Å². The Bertz CT molecular complexity index is 948. The number of aromatic nitrogens is 1. The van der Waals surface area contributed by atoms with Gasteiger partial charge >= 0.3 is 0 Å². The van der Waals surface area contributed by atoms with E-state index < -0.39 is 0 Å². The van der Waals surface area contributed by atoms with Gasteiger partial charge in [-0.15, -0.1) is 0 Å². The van der Waals surface area contributed by atoms with E-state index in [0.717, 1.165) is 11.1 Å². The molecule has 1 aliphatic heterocycles. The molecule has 0 aliphatic carbocycles. The van der Waals surface area contributed by atoms with Gasteiger partial charge in [0.1, 0.15) is 17.5 Å². The van der Waals surface area contributed by atoms with E-state index in [9.17, 15) is 14.3 Å². The molecule has 3 rings (SSSR count). The van der Waals surface area contributed by atoms with Crippen molar-refractivity contribution >= 4 is 12.0 Å². The second kappa shape index (κ2) is 10.7. The van der Waals surface area contributed by atoms with Gasteiger partial charge in [0.15, 0.2) is 0 Å². The summed E-state index contributed by atoms with van der Waals surface area (Å²) in [5.41, 5.74) is 2.23. The van der Waals surface area contributed by atoms with Crippen LogP contribution in [0.3, 0.4) is 0 Å². The van der Waals surface area contributed by atoms with Crippen LogP contribution in [0, 0.1) is 11.7 Å². The molecule has 7 heteroatoms. The maximum Gasteiger partial charge on any atom is 0.259 e. The summed E-state index contributed by atoms with van der Waals surface area (Å²) >= 11 is 0. The monoisotopic (exact) mass is 441 g/mol. The van der Waals surface area contributed by atoms with Gasteiger partial charge in [-0.25, -0.2) is 9.37 Å². The van der Waals surface area contributed by atoms with Crippen LogP contribution in [-0.4, -0.2) is 64.7 Å². The number of amides is 1. The Labute approximate surface area is 189 Å². The molecule has 0 fully saturated rings. The summed E-state index contributed by atoms with van der Waals surface area (Å²) in [5, 5.41) is 9.75. The van der Waals surface area contributed by atoms with Gasteiger partial charge in [0.05, 0.1) is 12.6 Å². The molecule has 0 bridgehead atoms. The van der Waals surface area contributed by atoms with Crippen LogP contribution in [0.15, 0.2) is 42.6 Å². The van der Waals surface area contributed by atoms with Gasteiger partial charge in [-0.05, 0) is 50.2 Å². The summed E-state index contributed by atoms with van der Waals surface area (Å²) in [6.07, 6.45) is 5.25. The largest absolute Gasteiger partial charge is 0.472 e. The zero-order chi connectivity index (χ0) is 23.3. The third kappa shape index (κ3) is 5.72. The van der Waals surface area contributed by atoms with Gasteiger partial charge in [-0.1, -0.05) is 31.2 Å². The van der Waals surface area contributed by atoms with Gasteiger partial charge in [0.2, 0.25) is 5.88 Å². The van der Waals surface area contributed by atoms with E-state index in [4.69, 9.17) is 4.74 Å². The van der Waals surface area contributed by atoms with Crippen molar-refractivity contribution in [1.29, 1.82) is 0 Å². The number of likely N-dealkylation sites (N-methyl/N-ethyl adjacent to an activating group) is 1. The average Bonchev–Trinajstić information content (AvgIpc) is 2.77. The van der Waals surface area contributed by atoms with Crippen molar-refractivity contribution < 1.29 is 19.0 Å². The molecule has 1 amide bonds. The number of aliphatic hydroxyl groups is 1. The molecule has 0 radical (unpaired) electrons. The standard InChI is InChI=1S/C25H32FN3O3/c1-5-6-20-11-22-24(27-12-20)32-23(17(2)13-29(25(22)31)18(3)16-30)15-28(4)14-19-7-9-21(26)10-8-19/h5-12,17-18,23,30H,13-16H2,1-4H3/b6-5+/t17-,18+,23-/m0/s1. The van der Waals surface area contributed by atoms with Crippen LogP contribution < -0.4 is 4.74 Å². The number of pyridine rings is 1. The van der Waals surface area contributed by atoms with Crippen LogP contribution in [-0.2, 0) is 6.54 Å². The molecule has 1 aromatic heterocycles. The first kappa shape index (κ1) is 23.9. The highest BCUT2D eigenvalue weighted by molar-refractivity contribution is 5.97. The van der Waals surface area contributed by atoms with Crippen LogP contribution in [0.4, 0.5) is 4.39 Å². The lowest BCUT2D eigenvalue weighted by molar-refractivity contribution is 0.0325. The molecular formula is C25H32FN3O3. The Morgan fingerprint density at radius 1 is 1.38 bits per heavy atom. The number of carbonyl (C=O) groups is 1. The third-order valence-corrected chi connectivity index (χ3v) is 5.76. The lowest BCUT2D eigenvalue weighted by Crippen LogP contribution is -2.49. The number of aliphatic hydroxyl groups excluding tert-OH is 1. The number of benzene rings is 1. The van der Waals surface area contributed by atoms with Crippen LogP contribution in [0.1, 0.15) is 42.3 Å². The molecule has 0 spiro atoms. The molecule has 2 aromatic rings. The van der Waals surface area contributed by atoms with E-state index in [1.165, 1.54) is 12.1 Å². The van der Waals surface area contributed by atoms with E-state index in [1.807, 2.05) is 40.0 Å². The molecule has 172 valence electrons. The summed E-state index contributed by atoms with van der Waals surface area (Å²) in [6.45, 7) is 7.37. The Morgan fingerprint density at radius 2 is 2.09 bits per heavy atom. The second-order valence-corrected chi connectivity index (χ2v) is 8.57. The van der Waals surface area contributed by atoms with Crippen LogP contribution in [0.25, 0.3) is 6.08 Å². The van der Waals surface area contributed by atoms with Crippen molar-refractivity contribution in [3.8, 4) is 5.88 Å². The highest BCUT2D eigenvalue weighted by Gasteiger charge is 2.34. The summed E-state index contributed by atoms with van der Waals surface area (Å²) in [6, 6.07) is 7.94. The number of halogens is 1.